The minimum absolute atomic E-state index is 0.0295. The number of nitrogens with zero attached hydrogens (tertiary/aromatic N) is 2. The Balaban J connectivity index is 2.15. The number of ether oxygens (including phenoxy) is 1. The van der Waals surface area contributed by atoms with Crippen LogP contribution in [-0.2, 0) is 0 Å². The Labute approximate surface area is 118 Å². The van der Waals surface area contributed by atoms with Crippen LogP contribution in [0.2, 0.25) is 0 Å². The fourth-order valence-electron chi connectivity index (χ4n) is 1.93. The maximum absolute atomic E-state index is 11.2. The molecule has 2 heterocycles. The molecule has 1 aromatic carbocycles. The van der Waals surface area contributed by atoms with Crippen LogP contribution in [0, 0.1) is 11.3 Å². The van der Waals surface area contributed by atoms with Crippen LogP contribution in [0.15, 0.2) is 47.0 Å². The van der Waals surface area contributed by atoms with E-state index in [0.29, 0.717) is 11.0 Å². The molecule has 102 valence electrons. The highest BCUT2D eigenvalue weighted by Crippen LogP contribution is 2.36. The van der Waals surface area contributed by atoms with Crippen LogP contribution in [0.25, 0.3) is 11.0 Å². The molecular weight excluding hydrogens is 272 g/mol. The SMILES string of the molecule is N#Cc1oc2ccccc2c1Oc1ncccc1C(=O)O. The van der Waals surface area contributed by atoms with Crippen LogP contribution in [0.1, 0.15) is 16.1 Å². The summed E-state index contributed by atoms with van der Waals surface area (Å²) in [5.74, 6) is -1.12. The summed E-state index contributed by atoms with van der Waals surface area (Å²) >= 11 is 0. The molecule has 3 aromatic rings. The highest BCUT2D eigenvalue weighted by atomic mass is 16.5. The zero-order valence-electron chi connectivity index (χ0n) is 10.6. The quantitative estimate of drug-likeness (QED) is 0.791. The van der Waals surface area contributed by atoms with Gasteiger partial charge < -0.3 is 14.3 Å². The molecule has 2 aromatic heterocycles. The summed E-state index contributed by atoms with van der Waals surface area (Å²) in [6.07, 6.45) is 1.41. The monoisotopic (exact) mass is 280 g/mol. The summed E-state index contributed by atoms with van der Waals surface area (Å²) in [7, 11) is 0. The molecule has 0 saturated heterocycles. The van der Waals surface area contributed by atoms with Crippen molar-refractivity contribution in [2.75, 3.05) is 0 Å². The van der Waals surface area contributed by atoms with Gasteiger partial charge in [0.25, 0.3) is 0 Å². The number of pyridine rings is 1. The number of fused-ring (bicyclic) bond motifs is 1. The molecule has 0 aliphatic rings. The van der Waals surface area contributed by atoms with E-state index in [4.69, 9.17) is 19.5 Å². The molecule has 0 unspecified atom stereocenters. The van der Waals surface area contributed by atoms with E-state index in [1.165, 1.54) is 18.3 Å². The molecule has 0 amide bonds. The van der Waals surface area contributed by atoms with Gasteiger partial charge >= 0.3 is 5.97 Å². The molecule has 6 nitrogen and oxygen atoms in total. The molecule has 0 aliphatic carbocycles. The van der Waals surface area contributed by atoms with Gasteiger partial charge in [0, 0.05) is 6.20 Å². The first-order valence-electron chi connectivity index (χ1n) is 5.98. The number of carboxylic acid groups (broad SMARTS) is 1. The van der Waals surface area contributed by atoms with Crippen molar-refractivity contribution >= 4 is 16.9 Å². The number of hydrogen-bond acceptors (Lipinski definition) is 5. The Kier molecular flexibility index (Phi) is 3.01. The number of para-hydroxylation sites is 1. The predicted octanol–water partition coefficient (Wildman–Crippen LogP) is 3.19. The average molecular weight is 280 g/mol. The highest BCUT2D eigenvalue weighted by molar-refractivity contribution is 5.91. The summed E-state index contributed by atoms with van der Waals surface area (Å²) in [6.45, 7) is 0. The second-order valence-corrected chi connectivity index (χ2v) is 4.13. The third-order valence-corrected chi connectivity index (χ3v) is 2.85. The van der Waals surface area contributed by atoms with Crippen LogP contribution in [0.5, 0.6) is 11.6 Å². The van der Waals surface area contributed by atoms with E-state index >= 15 is 0 Å². The number of aromatic carboxylic acids is 1. The Morgan fingerprint density at radius 3 is 2.86 bits per heavy atom. The van der Waals surface area contributed by atoms with Crippen molar-refractivity contribution in [2.24, 2.45) is 0 Å². The van der Waals surface area contributed by atoms with E-state index < -0.39 is 5.97 Å². The van der Waals surface area contributed by atoms with Gasteiger partial charge in [-0.3, -0.25) is 0 Å². The van der Waals surface area contributed by atoms with E-state index in [9.17, 15) is 4.79 Å². The normalized spacial score (nSPS) is 10.2. The topological polar surface area (TPSA) is 96.4 Å². The first kappa shape index (κ1) is 12.7. The van der Waals surface area contributed by atoms with E-state index in [0.717, 1.165) is 0 Å². The van der Waals surface area contributed by atoms with E-state index in [1.807, 2.05) is 6.07 Å². The zero-order valence-corrected chi connectivity index (χ0v) is 10.6. The smallest absolute Gasteiger partial charge is 0.341 e. The summed E-state index contributed by atoms with van der Waals surface area (Å²) in [4.78, 5) is 15.1. The number of hydrogen-bond donors (Lipinski definition) is 1. The second kappa shape index (κ2) is 4.98. The minimum atomic E-state index is -1.16. The first-order valence-corrected chi connectivity index (χ1v) is 5.98. The molecule has 0 atom stereocenters. The van der Waals surface area contributed by atoms with E-state index in [-0.39, 0.29) is 23.0 Å². The zero-order chi connectivity index (χ0) is 14.8. The van der Waals surface area contributed by atoms with Crippen LogP contribution in [0.3, 0.4) is 0 Å². The third-order valence-electron chi connectivity index (χ3n) is 2.85. The average Bonchev–Trinajstić information content (AvgIpc) is 2.86. The number of benzene rings is 1. The number of furan rings is 1. The maximum atomic E-state index is 11.2. The van der Waals surface area contributed by atoms with Crippen LogP contribution in [0.4, 0.5) is 0 Å². The lowest BCUT2D eigenvalue weighted by Crippen LogP contribution is -2.01. The molecule has 0 saturated carbocycles. The maximum Gasteiger partial charge on any atom is 0.341 e. The lowest BCUT2D eigenvalue weighted by molar-refractivity contribution is 0.0693. The van der Waals surface area contributed by atoms with Gasteiger partial charge in [-0.15, -0.1) is 0 Å². The summed E-state index contributed by atoms with van der Waals surface area (Å²) in [6, 6.07) is 11.7. The predicted molar refractivity (Wildman–Crippen MR) is 72.2 cm³/mol. The first-order chi connectivity index (χ1) is 10.2. The lowest BCUT2D eigenvalue weighted by Gasteiger charge is -2.05. The summed E-state index contributed by atoms with van der Waals surface area (Å²) in [5, 5.41) is 18.8. The molecule has 3 rings (SSSR count). The van der Waals surface area contributed by atoms with Crippen molar-refractivity contribution in [3.8, 4) is 17.7 Å². The van der Waals surface area contributed by atoms with Crippen molar-refractivity contribution in [3.05, 3.63) is 53.9 Å². The Morgan fingerprint density at radius 2 is 2.10 bits per heavy atom. The van der Waals surface area contributed by atoms with E-state index in [1.54, 1.807) is 24.3 Å². The van der Waals surface area contributed by atoms with Crippen molar-refractivity contribution in [1.82, 2.24) is 4.98 Å². The van der Waals surface area contributed by atoms with Gasteiger partial charge in [0.2, 0.25) is 11.6 Å². The molecule has 6 heteroatoms. The van der Waals surface area contributed by atoms with Crippen molar-refractivity contribution in [2.45, 2.75) is 0 Å². The van der Waals surface area contributed by atoms with Crippen LogP contribution < -0.4 is 4.74 Å². The standard InChI is InChI=1S/C15H8N2O4/c16-8-12-13(9-4-1-2-6-11(9)20-12)21-14-10(15(18)19)5-3-7-17-14/h1-7H,(H,18,19). The second-order valence-electron chi connectivity index (χ2n) is 4.13. The van der Waals surface area contributed by atoms with Crippen molar-refractivity contribution < 1.29 is 19.1 Å². The van der Waals surface area contributed by atoms with Gasteiger partial charge in [-0.1, -0.05) is 12.1 Å². The molecule has 0 radical (unpaired) electrons. The summed E-state index contributed by atoms with van der Waals surface area (Å²) in [5.41, 5.74) is 0.392. The number of carbonyl (C=O) groups is 1. The van der Waals surface area contributed by atoms with Gasteiger partial charge in [0.05, 0.1) is 5.39 Å². The fraction of sp³-hybridized carbons (Fsp3) is 0. The molecule has 0 fully saturated rings. The molecule has 1 N–H and O–H groups in total. The van der Waals surface area contributed by atoms with Crippen molar-refractivity contribution in [1.29, 1.82) is 5.26 Å². The van der Waals surface area contributed by atoms with Crippen molar-refractivity contribution in [3.63, 3.8) is 0 Å². The van der Waals surface area contributed by atoms with Gasteiger partial charge in [0.1, 0.15) is 17.2 Å². The molecule has 0 bridgehead atoms. The van der Waals surface area contributed by atoms with Gasteiger partial charge in [-0.25, -0.2) is 9.78 Å². The number of aromatic nitrogens is 1. The Morgan fingerprint density at radius 1 is 1.29 bits per heavy atom. The number of carboxylic acids is 1. The number of rotatable bonds is 3. The molecule has 0 aliphatic heterocycles. The van der Waals surface area contributed by atoms with Gasteiger partial charge in [-0.05, 0) is 24.3 Å². The van der Waals surface area contributed by atoms with Gasteiger partial charge in [-0.2, -0.15) is 5.26 Å². The summed E-state index contributed by atoms with van der Waals surface area (Å²) < 4.78 is 10.9. The minimum Gasteiger partial charge on any atom is -0.477 e. The third kappa shape index (κ3) is 2.17. The Bertz CT molecular complexity index is 877. The number of nitriles is 1. The van der Waals surface area contributed by atoms with Crippen LogP contribution in [-0.4, -0.2) is 16.1 Å². The largest absolute Gasteiger partial charge is 0.477 e. The Hall–Kier alpha value is -3.33. The lowest BCUT2D eigenvalue weighted by atomic mass is 10.2. The van der Waals surface area contributed by atoms with E-state index in [2.05, 4.69) is 4.98 Å². The highest BCUT2D eigenvalue weighted by Gasteiger charge is 2.19. The molecule has 21 heavy (non-hydrogen) atoms. The molecular formula is C15H8N2O4. The molecule has 0 spiro atoms. The van der Waals surface area contributed by atoms with Gasteiger partial charge in [0.15, 0.2) is 5.75 Å². The van der Waals surface area contributed by atoms with Crippen LogP contribution >= 0.6 is 0 Å². The fourth-order valence-corrected chi connectivity index (χ4v) is 1.93.